The van der Waals surface area contributed by atoms with Crippen LogP contribution in [0.5, 0.6) is 11.5 Å². The molecule has 0 aliphatic heterocycles. The lowest BCUT2D eigenvalue weighted by atomic mass is 9.97. The fourth-order valence-corrected chi connectivity index (χ4v) is 2.48. The average Bonchev–Trinajstić information content (AvgIpc) is 2.51. The molecule has 0 atom stereocenters. The van der Waals surface area contributed by atoms with Gasteiger partial charge in [0.25, 0.3) is 0 Å². The number of aromatic hydroxyl groups is 2. The van der Waals surface area contributed by atoms with Crippen LogP contribution in [0.3, 0.4) is 0 Å². The molecule has 0 saturated carbocycles. The number of phenols is 2. The summed E-state index contributed by atoms with van der Waals surface area (Å²) in [5.41, 5.74) is 5.67. The quantitative estimate of drug-likeness (QED) is 0.275. The number of hydrogen-bond acceptors (Lipinski definition) is 5. The van der Waals surface area contributed by atoms with E-state index in [0.717, 1.165) is 0 Å². The molecular weight excluding hydrogens is 272 g/mol. The van der Waals surface area contributed by atoms with Gasteiger partial charge in [0, 0.05) is 21.3 Å². The van der Waals surface area contributed by atoms with E-state index in [4.69, 9.17) is 5.73 Å². The molecule has 0 radical (unpaired) electrons. The second-order valence-electron chi connectivity index (χ2n) is 4.59. The van der Waals surface area contributed by atoms with Crippen LogP contribution in [-0.4, -0.2) is 16.1 Å². The van der Waals surface area contributed by atoms with Crippen molar-refractivity contribution in [3.05, 3.63) is 46.9 Å². The van der Waals surface area contributed by atoms with Crippen molar-refractivity contribution in [2.75, 3.05) is 5.73 Å². The van der Waals surface area contributed by atoms with Crippen LogP contribution in [0, 0.1) is 4.91 Å². The first-order chi connectivity index (χ1) is 10.1. The molecule has 6 nitrogen and oxygen atoms in total. The lowest BCUT2D eigenvalue weighted by molar-refractivity contribution is 0.100. The Balaban J connectivity index is 2.55. The lowest BCUT2D eigenvalue weighted by Gasteiger charge is -2.12. The third-order valence-electron chi connectivity index (χ3n) is 3.49. The Morgan fingerprint density at radius 3 is 2.19 bits per heavy atom. The maximum atomic E-state index is 11.4. The van der Waals surface area contributed by atoms with E-state index < -0.39 is 5.91 Å². The van der Waals surface area contributed by atoms with Gasteiger partial charge in [0.05, 0.1) is 16.6 Å². The van der Waals surface area contributed by atoms with Crippen LogP contribution in [-0.2, 0) is 0 Å². The average molecular weight is 282 g/mol. The highest BCUT2D eigenvalue weighted by Gasteiger charge is 2.19. The Morgan fingerprint density at radius 1 is 0.952 bits per heavy atom. The van der Waals surface area contributed by atoms with Crippen LogP contribution >= 0.6 is 0 Å². The SMILES string of the molecule is Nc1c(C(=O)N=O)ccc2c(O)c3ccccc3c(O)c12. The predicted octanol–water partition coefficient (Wildman–Crippen LogP) is 2.89. The predicted molar refractivity (Wildman–Crippen MR) is 79.3 cm³/mol. The fraction of sp³-hybridized carbons (Fsp3) is 0. The molecule has 0 saturated heterocycles. The minimum absolute atomic E-state index is 0.0526. The van der Waals surface area contributed by atoms with Gasteiger partial charge < -0.3 is 15.9 Å². The molecule has 3 rings (SSSR count). The molecule has 0 unspecified atom stereocenters. The lowest BCUT2D eigenvalue weighted by Crippen LogP contribution is -2.01. The Labute approximate surface area is 118 Å². The molecular formula is C15H10N2O4. The summed E-state index contributed by atoms with van der Waals surface area (Å²) in [7, 11) is 0. The van der Waals surface area contributed by atoms with E-state index in [1.54, 1.807) is 24.3 Å². The van der Waals surface area contributed by atoms with E-state index in [0.29, 0.717) is 16.2 Å². The number of nitrogen functional groups attached to an aromatic ring is 1. The maximum Gasteiger partial charge on any atom is 0.318 e. The normalized spacial score (nSPS) is 10.9. The molecule has 104 valence electrons. The van der Waals surface area contributed by atoms with Gasteiger partial charge in [-0.3, -0.25) is 4.79 Å². The number of hydrogen-bond donors (Lipinski definition) is 3. The van der Waals surface area contributed by atoms with Crippen molar-refractivity contribution in [1.82, 2.24) is 0 Å². The van der Waals surface area contributed by atoms with Gasteiger partial charge in [0.1, 0.15) is 11.5 Å². The van der Waals surface area contributed by atoms with Crippen LogP contribution in [0.25, 0.3) is 21.5 Å². The van der Waals surface area contributed by atoms with Crippen molar-refractivity contribution in [3.63, 3.8) is 0 Å². The molecule has 3 aromatic rings. The molecule has 0 spiro atoms. The first kappa shape index (κ1) is 12.9. The molecule has 3 aromatic carbocycles. The second-order valence-corrected chi connectivity index (χ2v) is 4.59. The van der Waals surface area contributed by atoms with Crippen LogP contribution in [0.15, 0.2) is 41.6 Å². The maximum absolute atomic E-state index is 11.4. The topological polar surface area (TPSA) is 113 Å². The standard InChI is InChI=1S/C15H10N2O4/c16-12-10(15(20)17-21)6-5-9-11(12)14(19)8-4-2-1-3-7(8)13(9)18/h1-6,18-19H,16H2. The Bertz CT molecular complexity index is 919. The highest BCUT2D eigenvalue weighted by molar-refractivity contribution is 6.18. The van der Waals surface area contributed by atoms with Crippen molar-refractivity contribution in [2.45, 2.75) is 0 Å². The third kappa shape index (κ3) is 1.69. The van der Waals surface area contributed by atoms with E-state index in [9.17, 15) is 19.9 Å². The smallest absolute Gasteiger partial charge is 0.318 e. The van der Waals surface area contributed by atoms with Crippen LogP contribution in [0.2, 0.25) is 0 Å². The van der Waals surface area contributed by atoms with Crippen molar-refractivity contribution >= 4 is 33.1 Å². The number of anilines is 1. The van der Waals surface area contributed by atoms with E-state index in [1.807, 2.05) is 0 Å². The fourth-order valence-electron chi connectivity index (χ4n) is 2.48. The number of phenolic OH excluding ortho intramolecular Hbond substituents is 2. The molecule has 0 aromatic heterocycles. The summed E-state index contributed by atoms with van der Waals surface area (Å²) >= 11 is 0. The highest BCUT2D eigenvalue weighted by Crippen LogP contribution is 2.44. The molecule has 1 amide bonds. The zero-order valence-electron chi connectivity index (χ0n) is 10.7. The van der Waals surface area contributed by atoms with Gasteiger partial charge in [0.15, 0.2) is 0 Å². The summed E-state index contributed by atoms with van der Waals surface area (Å²) < 4.78 is 0. The Kier molecular flexibility index (Phi) is 2.72. The summed E-state index contributed by atoms with van der Waals surface area (Å²) in [6.45, 7) is 0. The van der Waals surface area contributed by atoms with Gasteiger partial charge in [-0.15, -0.1) is 4.91 Å². The molecule has 0 aliphatic carbocycles. The van der Waals surface area contributed by atoms with E-state index in [2.05, 4.69) is 5.18 Å². The van der Waals surface area contributed by atoms with Crippen molar-refractivity contribution in [2.24, 2.45) is 5.18 Å². The van der Waals surface area contributed by atoms with Gasteiger partial charge >= 0.3 is 5.91 Å². The number of carbonyl (C=O) groups is 1. The van der Waals surface area contributed by atoms with Gasteiger partial charge in [-0.25, -0.2) is 0 Å². The monoisotopic (exact) mass is 282 g/mol. The first-order valence-electron chi connectivity index (χ1n) is 6.08. The van der Waals surface area contributed by atoms with Gasteiger partial charge in [-0.1, -0.05) is 24.3 Å². The molecule has 21 heavy (non-hydrogen) atoms. The summed E-state index contributed by atoms with van der Waals surface area (Å²) in [6, 6.07) is 9.43. The van der Waals surface area contributed by atoms with Crippen LogP contribution in [0.4, 0.5) is 5.69 Å². The summed E-state index contributed by atoms with van der Waals surface area (Å²) in [5.74, 6) is -1.24. The van der Waals surface area contributed by atoms with Crippen LogP contribution in [0.1, 0.15) is 10.4 Å². The molecule has 0 aliphatic rings. The van der Waals surface area contributed by atoms with Gasteiger partial charge in [0.2, 0.25) is 0 Å². The molecule has 0 bridgehead atoms. The number of fused-ring (bicyclic) bond motifs is 2. The van der Waals surface area contributed by atoms with E-state index in [1.165, 1.54) is 12.1 Å². The highest BCUT2D eigenvalue weighted by atomic mass is 16.3. The number of benzene rings is 3. The van der Waals surface area contributed by atoms with E-state index in [-0.39, 0.29) is 28.1 Å². The largest absolute Gasteiger partial charge is 0.507 e. The zero-order valence-corrected chi connectivity index (χ0v) is 10.7. The van der Waals surface area contributed by atoms with Gasteiger partial charge in [-0.2, -0.15) is 0 Å². The zero-order chi connectivity index (χ0) is 15.1. The molecule has 6 heteroatoms. The Hall–Kier alpha value is -3.15. The minimum Gasteiger partial charge on any atom is -0.507 e. The summed E-state index contributed by atoms with van der Waals surface area (Å²) in [5, 5.41) is 24.3. The summed E-state index contributed by atoms with van der Waals surface area (Å²) in [4.78, 5) is 21.8. The minimum atomic E-state index is -1.03. The number of nitrogens with two attached hydrogens (primary N) is 1. The number of rotatable bonds is 1. The van der Waals surface area contributed by atoms with Crippen LogP contribution < -0.4 is 5.73 Å². The van der Waals surface area contributed by atoms with Crippen molar-refractivity contribution < 1.29 is 15.0 Å². The number of nitroso groups, excluding NO2 is 1. The number of amides is 1. The molecule has 0 fully saturated rings. The third-order valence-corrected chi connectivity index (χ3v) is 3.49. The molecule has 0 heterocycles. The molecule has 4 N–H and O–H groups in total. The number of nitrogens with zero attached hydrogens (tertiary/aromatic N) is 1. The van der Waals surface area contributed by atoms with E-state index >= 15 is 0 Å². The van der Waals surface area contributed by atoms with Crippen molar-refractivity contribution in [1.29, 1.82) is 0 Å². The van der Waals surface area contributed by atoms with Crippen molar-refractivity contribution in [3.8, 4) is 11.5 Å². The first-order valence-corrected chi connectivity index (χ1v) is 6.08. The Morgan fingerprint density at radius 2 is 1.57 bits per heavy atom. The second kappa shape index (κ2) is 4.45. The summed E-state index contributed by atoms with van der Waals surface area (Å²) in [6.07, 6.45) is 0. The van der Waals surface area contributed by atoms with Gasteiger partial charge in [-0.05, 0) is 12.1 Å². The number of carbonyl (C=O) groups excluding carboxylic acids is 1.